The van der Waals surface area contributed by atoms with Crippen molar-refractivity contribution in [2.45, 2.75) is 71.6 Å². The lowest BCUT2D eigenvalue weighted by Gasteiger charge is -2.06. The van der Waals surface area contributed by atoms with Crippen molar-refractivity contribution in [2.24, 2.45) is 0 Å². The molecule has 0 aromatic carbocycles. The summed E-state index contributed by atoms with van der Waals surface area (Å²) in [5.74, 6) is 0.408. The normalized spacial score (nSPS) is 11.6. The second kappa shape index (κ2) is 15.2. The van der Waals surface area contributed by atoms with Gasteiger partial charge in [-0.25, -0.2) is 0 Å². The minimum atomic E-state index is 0.185. The highest BCUT2D eigenvalue weighted by atomic mass is 16.7. The van der Waals surface area contributed by atoms with Gasteiger partial charge in [-0.05, 0) is 25.3 Å². The maximum absolute atomic E-state index is 10.8. The summed E-state index contributed by atoms with van der Waals surface area (Å²) in [6, 6.07) is 0. The molecule has 0 rings (SSSR count). The minimum Gasteiger partial charge on any atom is -0.464 e. The van der Waals surface area contributed by atoms with E-state index in [1.807, 2.05) is 6.08 Å². The monoisotopic (exact) mass is 270 g/mol. The summed E-state index contributed by atoms with van der Waals surface area (Å²) in [6.45, 7) is 5.25. The van der Waals surface area contributed by atoms with E-state index in [1.165, 1.54) is 38.5 Å². The molecule has 0 heterocycles. The van der Waals surface area contributed by atoms with E-state index in [0.29, 0.717) is 12.4 Å². The fourth-order valence-corrected chi connectivity index (χ4v) is 1.76. The standard InChI is InChI=1S/C16H30O3/c1-3-5-7-8-9-10-12-16(14-17)19-15-18-13-11-6-4-2/h12,14H,3-11,13,15H2,1-2H3/b16-12+. The Morgan fingerprint density at radius 1 is 0.947 bits per heavy atom. The number of allylic oxidation sites excluding steroid dienone is 2. The van der Waals surface area contributed by atoms with Gasteiger partial charge >= 0.3 is 0 Å². The highest BCUT2D eigenvalue weighted by Gasteiger charge is 1.96. The fraction of sp³-hybridized carbons (Fsp3) is 0.812. The van der Waals surface area contributed by atoms with E-state index < -0.39 is 0 Å². The van der Waals surface area contributed by atoms with Crippen LogP contribution in [0.2, 0.25) is 0 Å². The van der Waals surface area contributed by atoms with Crippen LogP contribution in [-0.4, -0.2) is 19.7 Å². The molecule has 3 nitrogen and oxygen atoms in total. The molecule has 0 aliphatic heterocycles. The lowest BCUT2D eigenvalue weighted by Crippen LogP contribution is -2.02. The zero-order valence-electron chi connectivity index (χ0n) is 12.7. The van der Waals surface area contributed by atoms with Crippen molar-refractivity contribution in [3.05, 3.63) is 11.8 Å². The van der Waals surface area contributed by atoms with Gasteiger partial charge in [0, 0.05) is 0 Å². The van der Waals surface area contributed by atoms with Gasteiger partial charge in [0.1, 0.15) is 0 Å². The molecule has 0 saturated carbocycles. The summed E-state index contributed by atoms with van der Waals surface area (Å²) in [7, 11) is 0. The van der Waals surface area contributed by atoms with Crippen molar-refractivity contribution in [3.8, 4) is 0 Å². The van der Waals surface area contributed by atoms with Gasteiger partial charge in [0.05, 0.1) is 6.61 Å². The van der Waals surface area contributed by atoms with Crippen LogP contribution in [-0.2, 0) is 14.3 Å². The molecule has 0 atom stereocenters. The summed E-state index contributed by atoms with van der Waals surface area (Å²) in [6.07, 6.45) is 13.1. The van der Waals surface area contributed by atoms with Crippen LogP contribution in [0.4, 0.5) is 0 Å². The van der Waals surface area contributed by atoms with Gasteiger partial charge < -0.3 is 9.47 Å². The number of carbonyl (C=O) groups is 1. The van der Waals surface area contributed by atoms with Crippen LogP contribution >= 0.6 is 0 Å². The van der Waals surface area contributed by atoms with Crippen molar-refractivity contribution in [1.29, 1.82) is 0 Å². The molecule has 0 bridgehead atoms. The molecular weight excluding hydrogens is 240 g/mol. The summed E-state index contributed by atoms with van der Waals surface area (Å²) in [5, 5.41) is 0. The molecule has 112 valence electrons. The Morgan fingerprint density at radius 3 is 2.32 bits per heavy atom. The quantitative estimate of drug-likeness (QED) is 0.152. The lowest BCUT2D eigenvalue weighted by molar-refractivity contribution is -0.111. The van der Waals surface area contributed by atoms with E-state index in [2.05, 4.69) is 13.8 Å². The number of rotatable bonds is 14. The van der Waals surface area contributed by atoms with Crippen LogP contribution in [0.5, 0.6) is 0 Å². The first-order chi connectivity index (χ1) is 9.35. The second-order valence-corrected chi connectivity index (χ2v) is 4.80. The zero-order chi connectivity index (χ0) is 14.2. The van der Waals surface area contributed by atoms with Crippen LogP contribution in [0.25, 0.3) is 0 Å². The minimum absolute atomic E-state index is 0.185. The largest absolute Gasteiger partial charge is 0.464 e. The van der Waals surface area contributed by atoms with Crippen molar-refractivity contribution in [2.75, 3.05) is 13.4 Å². The van der Waals surface area contributed by atoms with Gasteiger partial charge in [-0.2, -0.15) is 0 Å². The van der Waals surface area contributed by atoms with Gasteiger partial charge in [-0.3, -0.25) is 4.79 Å². The Balaban J connectivity index is 3.49. The molecule has 3 heteroatoms. The molecule has 0 fully saturated rings. The number of aldehydes is 1. The van der Waals surface area contributed by atoms with E-state index in [-0.39, 0.29) is 6.79 Å². The molecule has 0 spiro atoms. The number of carbonyl (C=O) groups excluding carboxylic acids is 1. The van der Waals surface area contributed by atoms with E-state index >= 15 is 0 Å². The van der Waals surface area contributed by atoms with E-state index in [1.54, 1.807) is 0 Å². The van der Waals surface area contributed by atoms with Crippen LogP contribution in [0.15, 0.2) is 11.8 Å². The van der Waals surface area contributed by atoms with Gasteiger partial charge in [0.25, 0.3) is 0 Å². The number of hydrogen-bond donors (Lipinski definition) is 0. The topological polar surface area (TPSA) is 35.5 Å². The zero-order valence-corrected chi connectivity index (χ0v) is 12.7. The Labute approximate surface area is 118 Å². The summed E-state index contributed by atoms with van der Waals surface area (Å²) >= 11 is 0. The number of ether oxygens (including phenoxy) is 2. The molecule has 19 heavy (non-hydrogen) atoms. The van der Waals surface area contributed by atoms with Gasteiger partial charge in [-0.15, -0.1) is 0 Å². The van der Waals surface area contributed by atoms with E-state index in [9.17, 15) is 4.79 Å². The molecule has 0 saturated heterocycles. The highest BCUT2D eigenvalue weighted by molar-refractivity contribution is 5.69. The third-order valence-electron chi connectivity index (χ3n) is 2.97. The van der Waals surface area contributed by atoms with Crippen LogP contribution in [0.3, 0.4) is 0 Å². The molecule has 0 amide bonds. The number of unbranched alkanes of at least 4 members (excludes halogenated alkanes) is 7. The first-order valence-electron chi connectivity index (χ1n) is 7.71. The van der Waals surface area contributed by atoms with Crippen LogP contribution in [0.1, 0.15) is 71.6 Å². The SMILES string of the molecule is CCCCCCC/C=C(\C=O)OCOCCCCC. The van der Waals surface area contributed by atoms with Gasteiger partial charge in [0.15, 0.2) is 18.8 Å². The third-order valence-corrected chi connectivity index (χ3v) is 2.97. The molecule has 0 aromatic rings. The predicted molar refractivity (Wildman–Crippen MR) is 79.0 cm³/mol. The Kier molecular flexibility index (Phi) is 14.6. The van der Waals surface area contributed by atoms with Crippen LogP contribution < -0.4 is 0 Å². The van der Waals surface area contributed by atoms with Crippen molar-refractivity contribution in [1.82, 2.24) is 0 Å². The summed E-state index contributed by atoms with van der Waals surface area (Å²) in [5.41, 5.74) is 0. The first-order valence-corrected chi connectivity index (χ1v) is 7.71. The summed E-state index contributed by atoms with van der Waals surface area (Å²) < 4.78 is 10.6. The molecular formula is C16H30O3. The van der Waals surface area contributed by atoms with Crippen LogP contribution in [0, 0.1) is 0 Å². The summed E-state index contributed by atoms with van der Waals surface area (Å²) in [4.78, 5) is 10.8. The lowest BCUT2D eigenvalue weighted by atomic mass is 10.1. The molecule has 0 aliphatic rings. The van der Waals surface area contributed by atoms with Crippen molar-refractivity contribution >= 4 is 6.29 Å². The third kappa shape index (κ3) is 13.4. The fourth-order valence-electron chi connectivity index (χ4n) is 1.76. The predicted octanol–water partition coefficient (Wildman–Crippen LogP) is 4.61. The maximum atomic E-state index is 10.8. The molecule has 0 unspecified atom stereocenters. The van der Waals surface area contributed by atoms with E-state index in [4.69, 9.17) is 9.47 Å². The maximum Gasteiger partial charge on any atom is 0.189 e. The first kappa shape index (κ1) is 18.2. The second-order valence-electron chi connectivity index (χ2n) is 4.80. The smallest absolute Gasteiger partial charge is 0.189 e. The van der Waals surface area contributed by atoms with Gasteiger partial charge in [0.2, 0.25) is 0 Å². The Morgan fingerprint density at radius 2 is 1.63 bits per heavy atom. The van der Waals surface area contributed by atoms with Gasteiger partial charge in [-0.1, -0.05) is 52.4 Å². The average molecular weight is 270 g/mol. The van der Waals surface area contributed by atoms with E-state index in [0.717, 1.165) is 25.5 Å². The molecule has 0 aliphatic carbocycles. The highest BCUT2D eigenvalue weighted by Crippen LogP contribution is 2.07. The molecule has 0 aromatic heterocycles. The van der Waals surface area contributed by atoms with Crippen molar-refractivity contribution in [3.63, 3.8) is 0 Å². The average Bonchev–Trinajstić information content (AvgIpc) is 2.44. The Bertz CT molecular complexity index is 224. The van der Waals surface area contributed by atoms with Crippen molar-refractivity contribution < 1.29 is 14.3 Å². The Hall–Kier alpha value is -0.830. The number of hydrogen-bond acceptors (Lipinski definition) is 3. The molecule has 0 radical (unpaired) electrons. The molecule has 0 N–H and O–H groups in total.